The summed E-state index contributed by atoms with van der Waals surface area (Å²) in [6.07, 6.45) is 6.74. The van der Waals surface area contributed by atoms with Crippen molar-refractivity contribution in [3.8, 4) is 0 Å². The minimum absolute atomic E-state index is 0.619. The number of aryl methyl sites for hydroxylation is 1. The second-order valence-corrected chi connectivity index (χ2v) is 5.59. The van der Waals surface area contributed by atoms with Crippen LogP contribution in [0.4, 0.5) is 5.69 Å². The molecule has 1 saturated carbocycles. The Morgan fingerprint density at radius 2 is 2.00 bits per heavy atom. The Kier molecular flexibility index (Phi) is 3.06. The molecule has 1 unspecified atom stereocenters. The lowest BCUT2D eigenvalue weighted by Gasteiger charge is -2.29. The van der Waals surface area contributed by atoms with Crippen LogP contribution >= 0.6 is 0 Å². The van der Waals surface area contributed by atoms with Crippen molar-refractivity contribution in [3.05, 3.63) is 29.3 Å². The van der Waals surface area contributed by atoms with E-state index in [1.807, 2.05) is 0 Å². The van der Waals surface area contributed by atoms with E-state index in [2.05, 4.69) is 35.8 Å². The fourth-order valence-electron chi connectivity index (χ4n) is 3.15. The van der Waals surface area contributed by atoms with Crippen LogP contribution in [0.1, 0.15) is 36.8 Å². The predicted octanol–water partition coefficient (Wildman–Crippen LogP) is 2.86. The highest BCUT2D eigenvalue weighted by Crippen LogP contribution is 2.25. The fourth-order valence-corrected chi connectivity index (χ4v) is 3.15. The van der Waals surface area contributed by atoms with Crippen molar-refractivity contribution >= 4 is 5.69 Å². The maximum Gasteiger partial charge on any atom is 0.0376 e. The largest absolute Gasteiger partial charge is 0.383 e. The van der Waals surface area contributed by atoms with Gasteiger partial charge in [0.05, 0.1) is 0 Å². The van der Waals surface area contributed by atoms with Crippen LogP contribution in [-0.2, 0) is 6.42 Å². The Labute approximate surface area is 104 Å². The number of hydrogen-bond donors (Lipinski definition) is 2. The molecular weight excluding hydrogens is 208 g/mol. The third-order valence-electron chi connectivity index (χ3n) is 4.10. The highest BCUT2D eigenvalue weighted by atomic mass is 15.0. The normalized spacial score (nSPS) is 24.4. The van der Waals surface area contributed by atoms with Crippen molar-refractivity contribution in [3.63, 3.8) is 0 Å². The first kappa shape index (κ1) is 11.1. The van der Waals surface area contributed by atoms with Crippen LogP contribution in [0.2, 0.25) is 0 Å². The number of benzene rings is 1. The van der Waals surface area contributed by atoms with Crippen LogP contribution in [0.3, 0.4) is 0 Å². The van der Waals surface area contributed by atoms with E-state index in [9.17, 15) is 0 Å². The SMILES string of the molecule is Cc1ccc2c(c1)NCC(NC1CCCC1)C2. The molecule has 1 aliphatic carbocycles. The zero-order valence-electron chi connectivity index (χ0n) is 10.6. The maximum absolute atomic E-state index is 3.81. The molecule has 92 valence electrons. The van der Waals surface area contributed by atoms with Crippen LogP contribution in [0.25, 0.3) is 0 Å². The van der Waals surface area contributed by atoms with Gasteiger partial charge in [0, 0.05) is 24.3 Å². The minimum Gasteiger partial charge on any atom is -0.383 e. The Morgan fingerprint density at radius 1 is 1.18 bits per heavy atom. The molecule has 3 rings (SSSR count). The molecule has 1 fully saturated rings. The molecule has 0 aromatic heterocycles. The van der Waals surface area contributed by atoms with Gasteiger partial charge in [0.25, 0.3) is 0 Å². The predicted molar refractivity (Wildman–Crippen MR) is 72.6 cm³/mol. The molecule has 0 saturated heterocycles. The van der Waals surface area contributed by atoms with Crippen molar-refractivity contribution < 1.29 is 0 Å². The van der Waals surface area contributed by atoms with Crippen LogP contribution in [0.5, 0.6) is 0 Å². The van der Waals surface area contributed by atoms with Crippen LogP contribution in [-0.4, -0.2) is 18.6 Å². The fraction of sp³-hybridized carbons (Fsp3) is 0.600. The van der Waals surface area contributed by atoms with Crippen molar-refractivity contribution in [2.45, 2.75) is 51.1 Å². The highest BCUT2D eigenvalue weighted by Gasteiger charge is 2.22. The summed E-state index contributed by atoms with van der Waals surface area (Å²) in [6, 6.07) is 8.15. The van der Waals surface area contributed by atoms with Gasteiger partial charge in [-0.1, -0.05) is 25.0 Å². The number of hydrogen-bond acceptors (Lipinski definition) is 2. The van der Waals surface area contributed by atoms with E-state index < -0.39 is 0 Å². The van der Waals surface area contributed by atoms with Crippen LogP contribution < -0.4 is 10.6 Å². The summed E-state index contributed by atoms with van der Waals surface area (Å²) in [7, 11) is 0. The molecule has 1 aromatic carbocycles. The van der Waals surface area contributed by atoms with Crippen molar-refractivity contribution in [1.29, 1.82) is 0 Å². The molecule has 0 amide bonds. The molecule has 1 heterocycles. The van der Waals surface area contributed by atoms with Gasteiger partial charge in [-0.25, -0.2) is 0 Å². The average molecular weight is 230 g/mol. The molecule has 2 aliphatic rings. The molecule has 1 aliphatic heterocycles. The second-order valence-electron chi connectivity index (χ2n) is 5.59. The molecule has 0 radical (unpaired) electrons. The van der Waals surface area contributed by atoms with Crippen LogP contribution in [0, 0.1) is 6.92 Å². The quantitative estimate of drug-likeness (QED) is 0.816. The number of rotatable bonds is 2. The van der Waals surface area contributed by atoms with E-state index in [1.54, 1.807) is 0 Å². The summed E-state index contributed by atoms with van der Waals surface area (Å²) in [5, 5.41) is 7.38. The van der Waals surface area contributed by atoms with E-state index >= 15 is 0 Å². The topological polar surface area (TPSA) is 24.1 Å². The van der Waals surface area contributed by atoms with Gasteiger partial charge < -0.3 is 10.6 Å². The summed E-state index contributed by atoms with van der Waals surface area (Å²) >= 11 is 0. The third kappa shape index (κ3) is 2.47. The molecule has 1 atom stereocenters. The first-order valence-electron chi connectivity index (χ1n) is 6.91. The summed E-state index contributed by atoms with van der Waals surface area (Å²) < 4.78 is 0. The van der Waals surface area contributed by atoms with Crippen molar-refractivity contribution in [1.82, 2.24) is 5.32 Å². The molecule has 2 N–H and O–H groups in total. The zero-order valence-corrected chi connectivity index (χ0v) is 10.6. The van der Waals surface area contributed by atoms with E-state index in [4.69, 9.17) is 0 Å². The first-order valence-corrected chi connectivity index (χ1v) is 6.91. The van der Waals surface area contributed by atoms with E-state index in [0.29, 0.717) is 6.04 Å². The van der Waals surface area contributed by atoms with Gasteiger partial charge in [0.1, 0.15) is 0 Å². The molecule has 2 nitrogen and oxygen atoms in total. The summed E-state index contributed by atoms with van der Waals surface area (Å²) in [4.78, 5) is 0. The van der Waals surface area contributed by atoms with E-state index in [0.717, 1.165) is 12.6 Å². The van der Waals surface area contributed by atoms with Gasteiger partial charge in [-0.05, 0) is 43.4 Å². The third-order valence-corrected chi connectivity index (χ3v) is 4.10. The van der Waals surface area contributed by atoms with Gasteiger partial charge in [-0.15, -0.1) is 0 Å². The Hall–Kier alpha value is -1.02. The van der Waals surface area contributed by atoms with Crippen molar-refractivity contribution in [2.75, 3.05) is 11.9 Å². The van der Waals surface area contributed by atoms with Crippen LogP contribution in [0.15, 0.2) is 18.2 Å². The lowest BCUT2D eigenvalue weighted by atomic mass is 9.97. The average Bonchev–Trinajstić information content (AvgIpc) is 2.82. The molecule has 1 aromatic rings. The Bertz CT molecular complexity index is 394. The first-order chi connectivity index (χ1) is 8.31. The molecule has 0 spiro atoms. The lowest BCUT2D eigenvalue weighted by molar-refractivity contribution is 0.432. The standard InChI is InChI=1S/C15H22N2/c1-11-6-7-12-9-14(10-16-15(12)8-11)17-13-4-2-3-5-13/h6-8,13-14,16-17H,2-5,9-10H2,1H3. The summed E-state index contributed by atoms with van der Waals surface area (Å²) in [5.41, 5.74) is 4.16. The number of nitrogens with one attached hydrogen (secondary N) is 2. The minimum atomic E-state index is 0.619. The van der Waals surface area contributed by atoms with Gasteiger partial charge in [-0.3, -0.25) is 0 Å². The Balaban J connectivity index is 1.65. The van der Waals surface area contributed by atoms with Crippen molar-refractivity contribution in [2.24, 2.45) is 0 Å². The highest BCUT2D eigenvalue weighted by molar-refractivity contribution is 5.55. The maximum atomic E-state index is 3.81. The summed E-state index contributed by atoms with van der Waals surface area (Å²) in [5.74, 6) is 0. The monoisotopic (exact) mass is 230 g/mol. The molecule has 0 bridgehead atoms. The zero-order chi connectivity index (χ0) is 11.7. The smallest absolute Gasteiger partial charge is 0.0376 e. The number of fused-ring (bicyclic) bond motifs is 1. The van der Waals surface area contributed by atoms with Gasteiger partial charge in [0.2, 0.25) is 0 Å². The van der Waals surface area contributed by atoms with Gasteiger partial charge in [0.15, 0.2) is 0 Å². The van der Waals surface area contributed by atoms with Gasteiger partial charge in [-0.2, -0.15) is 0 Å². The van der Waals surface area contributed by atoms with E-state index in [1.165, 1.54) is 48.9 Å². The molecular formula is C15H22N2. The second kappa shape index (κ2) is 4.69. The molecule has 17 heavy (non-hydrogen) atoms. The molecule has 2 heteroatoms. The van der Waals surface area contributed by atoms with E-state index in [-0.39, 0.29) is 0 Å². The number of anilines is 1. The Morgan fingerprint density at radius 3 is 2.82 bits per heavy atom. The lowest BCUT2D eigenvalue weighted by Crippen LogP contribution is -2.44. The summed E-state index contributed by atoms with van der Waals surface area (Å²) in [6.45, 7) is 3.23. The van der Waals surface area contributed by atoms with Gasteiger partial charge >= 0.3 is 0 Å².